The van der Waals surface area contributed by atoms with E-state index in [1.807, 2.05) is 12.1 Å². The number of fused-ring (bicyclic) bond motifs is 1. The number of nitrogens with zero attached hydrogens (tertiary/aromatic N) is 2. The average molecular weight is 466 g/mol. The Balaban J connectivity index is 1.48. The second-order valence-electron chi connectivity index (χ2n) is 7.60. The van der Waals surface area contributed by atoms with Crippen LogP contribution < -0.4 is 5.32 Å². The normalized spacial score (nSPS) is 13.9. The van der Waals surface area contributed by atoms with Crippen LogP contribution in [0.3, 0.4) is 0 Å². The number of nitrogens with one attached hydrogen (secondary N) is 1. The number of rotatable bonds is 4. The van der Waals surface area contributed by atoms with E-state index in [9.17, 15) is 14.0 Å². The van der Waals surface area contributed by atoms with Gasteiger partial charge in [0, 0.05) is 24.0 Å². The SMILES string of the molecule is Cc1nc(-c2ccc(F)cc2)sc1C(=O)Nc1c(C(=O)N2CCOCC2)oc2ccccc12. The van der Waals surface area contributed by atoms with E-state index >= 15 is 0 Å². The van der Waals surface area contributed by atoms with E-state index in [1.54, 1.807) is 36.1 Å². The van der Waals surface area contributed by atoms with Crippen molar-refractivity contribution < 1.29 is 23.1 Å². The molecule has 168 valence electrons. The van der Waals surface area contributed by atoms with Crippen molar-refractivity contribution in [3.63, 3.8) is 0 Å². The molecule has 0 unspecified atom stereocenters. The molecular weight excluding hydrogens is 445 g/mol. The first kappa shape index (κ1) is 21.3. The van der Waals surface area contributed by atoms with Crippen LogP contribution in [-0.4, -0.2) is 48.0 Å². The Labute approximate surface area is 192 Å². The lowest BCUT2D eigenvalue weighted by atomic mass is 10.2. The quantitative estimate of drug-likeness (QED) is 0.471. The summed E-state index contributed by atoms with van der Waals surface area (Å²) < 4.78 is 24.5. The summed E-state index contributed by atoms with van der Waals surface area (Å²) in [7, 11) is 0. The summed E-state index contributed by atoms with van der Waals surface area (Å²) in [5.41, 5.74) is 2.12. The number of para-hydroxylation sites is 1. The van der Waals surface area contributed by atoms with Gasteiger partial charge >= 0.3 is 0 Å². The Bertz CT molecular complexity index is 1340. The lowest BCUT2D eigenvalue weighted by molar-refractivity contribution is 0.0285. The van der Waals surface area contributed by atoms with Crippen LogP contribution in [-0.2, 0) is 4.74 Å². The molecule has 9 heteroatoms. The zero-order valence-corrected chi connectivity index (χ0v) is 18.6. The zero-order valence-electron chi connectivity index (χ0n) is 17.8. The molecule has 4 aromatic rings. The Morgan fingerprint density at radius 3 is 2.58 bits per heavy atom. The van der Waals surface area contributed by atoms with Gasteiger partial charge in [0.2, 0.25) is 5.76 Å². The molecule has 1 aliphatic heterocycles. The van der Waals surface area contributed by atoms with Crippen LogP contribution in [0.1, 0.15) is 25.9 Å². The van der Waals surface area contributed by atoms with Crippen molar-refractivity contribution in [3.8, 4) is 10.6 Å². The predicted molar refractivity (Wildman–Crippen MR) is 123 cm³/mol. The number of amides is 2. The average Bonchev–Trinajstić information content (AvgIpc) is 3.40. The van der Waals surface area contributed by atoms with Gasteiger partial charge in [-0.2, -0.15) is 0 Å². The van der Waals surface area contributed by atoms with E-state index in [0.29, 0.717) is 58.5 Å². The predicted octanol–water partition coefficient (Wildman–Crippen LogP) is 4.73. The number of thiazole rings is 1. The van der Waals surface area contributed by atoms with Crippen LogP contribution in [0.15, 0.2) is 52.9 Å². The number of benzene rings is 2. The number of halogens is 1. The second-order valence-corrected chi connectivity index (χ2v) is 8.60. The van der Waals surface area contributed by atoms with Gasteiger partial charge in [-0.1, -0.05) is 12.1 Å². The summed E-state index contributed by atoms with van der Waals surface area (Å²) in [4.78, 5) is 33.0. The van der Waals surface area contributed by atoms with Crippen molar-refractivity contribution in [2.75, 3.05) is 31.6 Å². The summed E-state index contributed by atoms with van der Waals surface area (Å²) in [6.45, 7) is 3.57. The van der Waals surface area contributed by atoms with Gasteiger partial charge in [-0.15, -0.1) is 11.3 Å². The molecule has 0 radical (unpaired) electrons. The number of hydrogen-bond acceptors (Lipinski definition) is 6. The largest absolute Gasteiger partial charge is 0.449 e. The van der Waals surface area contributed by atoms with Crippen molar-refractivity contribution in [2.24, 2.45) is 0 Å². The maximum Gasteiger partial charge on any atom is 0.291 e. The maximum absolute atomic E-state index is 13.3. The molecule has 1 aliphatic rings. The Kier molecular flexibility index (Phi) is 5.65. The number of hydrogen-bond donors (Lipinski definition) is 1. The minimum atomic E-state index is -0.388. The third kappa shape index (κ3) is 4.12. The Hall–Kier alpha value is -3.56. The minimum Gasteiger partial charge on any atom is -0.449 e. The number of carbonyl (C=O) groups is 2. The molecule has 2 aromatic heterocycles. The number of aryl methyl sites for hydroxylation is 1. The van der Waals surface area contributed by atoms with Crippen molar-refractivity contribution in [1.82, 2.24) is 9.88 Å². The number of furan rings is 1. The number of morpholine rings is 1. The van der Waals surface area contributed by atoms with E-state index in [1.165, 1.54) is 23.5 Å². The highest BCUT2D eigenvalue weighted by atomic mass is 32.1. The van der Waals surface area contributed by atoms with Gasteiger partial charge in [0.05, 0.1) is 18.9 Å². The molecule has 0 spiro atoms. The lowest BCUT2D eigenvalue weighted by Gasteiger charge is -2.26. The lowest BCUT2D eigenvalue weighted by Crippen LogP contribution is -2.40. The minimum absolute atomic E-state index is 0.0902. The number of carbonyl (C=O) groups excluding carboxylic acids is 2. The van der Waals surface area contributed by atoms with E-state index in [2.05, 4.69) is 10.3 Å². The molecule has 1 fully saturated rings. The fraction of sp³-hybridized carbons (Fsp3) is 0.208. The molecule has 1 N–H and O–H groups in total. The summed E-state index contributed by atoms with van der Waals surface area (Å²) >= 11 is 1.21. The van der Waals surface area contributed by atoms with Crippen molar-refractivity contribution in [3.05, 3.63) is 70.7 Å². The second kappa shape index (κ2) is 8.76. The van der Waals surface area contributed by atoms with Crippen LogP contribution in [0.2, 0.25) is 0 Å². The molecule has 5 rings (SSSR count). The highest BCUT2D eigenvalue weighted by Crippen LogP contribution is 2.34. The molecule has 0 atom stereocenters. The van der Waals surface area contributed by atoms with Gasteiger partial charge in [-0.25, -0.2) is 9.37 Å². The number of aromatic nitrogens is 1. The standard InChI is InChI=1S/C24H20FN3O4S/c1-14-21(33-23(26-14)15-6-8-16(25)9-7-15)22(29)27-19-17-4-2-3-5-18(17)32-20(19)24(30)28-10-12-31-13-11-28/h2-9H,10-13H2,1H3,(H,27,29). The van der Waals surface area contributed by atoms with E-state index in [0.717, 1.165) is 5.56 Å². The highest BCUT2D eigenvalue weighted by molar-refractivity contribution is 7.17. The first-order chi connectivity index (χ1) is 16.0. The first-order valence-electron chi connectivity index (χ1n) is 10.4. The number of ether oxygens (including phenoxy) is 1. The molecule has 2 aromatic carbocycles. The van der Waals surface area contributed by atoms with Gasteiger partial charge in [-0.05, 0) is 43.3 Å². The summed E-state index contributed by atoms with van der Waals surface area (Å²) in [6.07, 6.45) is 0. The summed E-state index contributed by atoms with van der Waals surface area (Å²) in [5.74, 6) is -0.930. The molecular formula is C24H20FN3O4S. The molecule has 1 saturated heterocycles. The van der Waals surface area contributed by atoms with E-state index < -0.39 is 0 Å². The smallest absolute Gasteiger partial charge is 0.291 e. The number of anilines is 1. The summed E-state index contributed by atoms with van der Waals surface area (Å²) in [6, 6.07) is 13.1. The van der Waals surface area contributed by atoms with Gasteiger partial charge in [-0.3, -0.25) is 9.59 Å². The van der Waals surface area contributed by atoms with Gasteiger partial charge in [0.25, 0.3) is 11.8 Å². The van der Waals surface area contributed by atoms with Crippen LogP contribution in [0, 0.1) is 12.7 Å². The van der Waals surface area contributed by atoms with Crippen molar-refractivity contribution in [2.45, 2.75) is 6.92 Å². The summed E-state index contributed by atoms with van der Waals surface area (Å²) in [5, 5.41) is 4.14. The van der Waals surface area contributed by atoms with Gasteiger partial charge in [0.1, 0.15) is 27.0 Å². The fourth-order valence-electron chi connectivity index (χ4n) is 3.72. The van der Waals surface area contributed by atoms with Crippen molar-refractivity contribution >= 4 is 39.8 Å². The Morgan fingerprint density at radius 1 is 1.09 bits per heavy atom. The topological polar surface area (TPSA) is 84.7 Å². The molecule has 3 heterocycles. The molecule has 7 nitrogen and oxygen atoms in total. The molecule has 2 amide bonds. The third-order valence-corrected chi connectivity index (χ3v) is 6.63. The van der Waals surface area contributed by atoms with E-state index in [-0.39, 0.29) is 23.4 Å². The first-order valence-corrected chi connectivity index (χ1v) is 11.3. The maximum atomic E-state index is 13.3. The molecule has 0 saturated carbocycles. The molecule has 0 bridgehead atoms. The Morgan fingerprint density at radius 2 is 1.82 bits per heavy atom. The monoisotopic (exact) mass is 465 g/mol. The third-order valence-electron chi connectivity index (χ3n) is 5.42. The van der Waals surface area contributed by atoms with Gasteiger partial charge in [0.15, 0.2) is 0 Å². The highest BCUT2D eigenvalue weighted by Gasteiger charge is 2.28. The van der Waals surface area contributed by atoms with Gasteiger partial charge < -0.3 is 19.4 Å². The van der Waals surface area contributed by atoms with Crippen LogP contribution in [0.25, 0.3) is 21.5 Å². The van der Waals surface area contributed by atoms with Crippen LogP contribution in [0.4, 0.5) is 10.1 Å². The van der Waals surface area contributed by atoms with Crippen molar-refractivity contribution in [1.29, 1.82) is 0 Å². The fourth-order valence-corrected chi connectivity index (χ4v) is 4.69. The zero-order chi connectivity index (χ0) is 22.9. The molecule has 33 heavy (non-hydrogen) atoms. The van der Waals surface area contributed by atoms with Crippen LogP contribution >= 0.6 is 11.3 Å². The van der Waals surface area contributed by atoms with Crippen LogP contribution in [0.5, 0.6) is 0 Å². The molecule has 0 aliphatic carbocycles. The van der Waals surface area contributed by atoms with E-state index in [4.69, 9.17) is 9.15 Å².